The number of carbonyl (C=O) groups is 1. The van der Waals surface area contributed by atoms with Crippen molar-refractivity contribution in [1.29, 1.82) is 0 Å². The van der Waals surface area contributed by atoms with Gasteiger partial charge in [-0.15, -0.1) is 0 Å². The van der Waals surface area contributed by atoms with E-state index in [2.05, 4.69) is 18.7 Å². The van der Waals surface area contributed by atoms with Crippen LogP contribution in [0.2, 0.25) is 0 Å². The summed E-state index contributed by atoms with van der Waals surface area (Å²) in [6.45, 7) is 7.53. The molecule has 0 spiro atoms. The molecule has 0 aliphatic carbocycles. The largest absolute Gasteiger partial charge is 0.478 e. The smallest absolute Gasteiger partial charge is 0.335 e. The summed E-state index contributed by atoms with van der Waals surface area (Å²) in [4.78, 5) is 13.4. The third kappa shape index (κ3) is 4.70. The normalized spacial score (nSPS) is 10.8. The van der Waals surface area contributed by atoms with Gasteiger partial charge in [-0.3, -0.25) is 0 Å². The number of thioether (sulfide) groups is 1. The van der Waals surface area contributed by atoms with Crippen LogP contribution in [0.4, 0.5) is 0 Å². The zero-order valence-corrected chi connectivity index (χ0v) is 11.9. The minimum atomic E-state index is -0.838. The summed E-state index contributed by atoms with van der Waals surface area (Å²) >= 11 is 1.79. The van der Waals surface area contributed by atoms with E-state index >= 15 is 0 Å². The Kier molecular flexibility index (Phi) is 6.83. The molecule has 1 N–H and O–H groups in total. The van der Waals surface area contributed by atoms with Crippen molar-refractivity contribution < 1.29 is 9.90 Å². The molecule has 4 heteroatoms. The topological polar surface area (TPSA) is 40.5 Å². The lowest BCUT2D eigenvalue weighted by Crippen LogP contribution is -2.25. The van der Waals surface area contributed by atoms with E-state index in [9.17, 15) is 4.79 Å². The molecule has 0 aliphatic heterocycles. The molecule has 3 nitrogen and oxygen atoms in total. The maximum atomic E-state index is 11.0. The highest BCUT2D eigenvalue weighted by Crippen LogP contribution is 2.16. The maximum absolute atomic E-state index is 11.0. The second-order valence-corrected chi connectivity index (χ2v) is 5.15. The monoisotopic (exact) mass is 267 g/mol. The molecule has 0 saturated heterocycles. The molecule has 100 valence electrons. The quantitative estimate of drug-likeness (QED) is 0.735. The SMILES string of the molecule is CCN(CC)CCSCc1ccccc1C(=O)O. The van der Waals surface area contributed by atoms with Crippen LogP contribution in [0.25, 0.3) is 0 Å². The van der Waals surface area contributed by atoms with Crippen LogP contribution in [-0.2, 0) is 5.75 Å². The van der Waals surface area contributed by atoms with E-state index in [1.807, 2.05) is 12.1 Å². The van der Waals surface area contributed by atoms with Crippen molar-refractivity contribution in [1.82, 2.24) is 4.90 Å². The van der Waals surface area contributed by atoms with Gasteiger partial charge in [0.1, 0.15) is 0 Å². The fourth-order valence-electron chi connectivity index (χ4n) is 1.77. The van der Waals surface area contributed by atoms with Crippen molar-refractivity contribution in [2.24, 2.45) is 0 Å². The van der Waals surface area contributed by atoms with Gasteiger partial charge in [0.2, 0.25) is 0 Å². The molecule has 0 heterocycles. The summed E-state index contributed by atoms with van der Waals surface area (Å²) in [5, 5.41) is 9.07. The van der Waals surface area contributed by atoms with Crippen LogP contribution in [0.15, 0.2) is 24.3 Å². The van der Waals surface area contributed by atoms with Gasteiger partial charge in [-0.2, -0.15) is 11.8 Å². The molecule has 1 rings (SSSR count). The Balaban J connectivity index is 2.42. The Labute approximate surface area is 113 Å². The fourth-order valence-corrected chi connectivity index (χ4v) is 2.77. The third-order valence-electron chi connectivity index (χ3n) is 2.95. The minimum Gasteiger partial charge on any atom is -0.478 e. The van der Waals surface area contributed by atoms with Crippen molar-refractivity contribution in [2.45, 2.75) is 19.6 Å². The minimum absolute atomic E-state index is 0.424. The summed E-state index contributed by atoms with van der Waals surface area (Å²) < 4.78 is 0. The van der Waals surface area contributed by atoms with Crippen molar-refractivity contribution in [3.63, 3.8) is 0 Å². The highest BCUT2D eigenvalue weighted by atomic mass is 32.2. The average Bonchev–Trinajstić information content (AvgIpc) is 2.39. The Morgan fingerprint density at radius 2 is 1.94 bits per heavy atom. The molecular formula is C14H21NO2S. The summed E-state index contributed by atoms with van der Waals surface area (Å²) in [5.74, 6) is 0.967. The van der Waals surface area contributed by atoms with Gasteiger partial charge in [0, 0.05) is 18.1 Å². The van der Waals surface area contributed by atoms with E-state index in [4.69, 9.17) is 5.11 Å². The van der Waals surface area contributed by atoms with Gasteiger partial charge >= 0.3 is 5.97 Å². The van der Waals surface area contributed by atoms with Crippen molar-refractivity contribution in [3.05, 3.63) is 35.4 Å². The van der Waals surface area contributed by atoms with Crippen LogP contribution < -0.4 is 0 Å². The van der Waals surface area contributed by atoms with Crippen LogP contribution in [0.5, 0.6) is 0 Å². The first-order chi connectivity index (χ1) is 8.69. The van der Waals surface area contributed by atoms with E-state index in [-0.39, 0.29) is 0 Å². The molecule has 0 aromatic heterocycles. The second-order valence-electron chi connectivity index (χ2n) is 4.04. The third-order valence-corrected chi connectivity index (χ3v) is 3.94. The standard InChI is InChI=1S/C14H21NO2S/c1-3-15(4-2)9-10-18-11-12-7-5-6-8-13(12)14(16)17/h5-8H,3-4,9-11H2,1-2H3,(H,16,17). The lowest BCUT2D eigenvalue weighted by molar-refractivity contribution is 0.0696. The summed E-state index contributed by atoms with van der Waals surface area (Å²) in [6, 6.07) is 7.23. The zero-order chi connectivity index (χ0) is 13.4. The molecule has 0 fully saturated rings. The van der Waals surface area contributed by atoms with Crippen LogP contribution in [0.3, 0.4) is 0 Å². The van der Waals surface area contributed by atoms with Gasteiger partial charge in [-0.1, -0.05) is 32.0 Å². The Morgan fingerprint density at radius 1 is 1.28 bits per heavy atom. The first-order valence-electron chi connectivity index (χ1n) is 6.30. The first-order valence-corrected chi connectivity index (χ1v) is 7.45. The maximum Gasteiger partial charge on any atom is 0.335 e. The van der Waals surface area contributed by atoms with Crippen LogP contribution >= 0.6 is 11.8 Å². The zero-order valence-electron chi connectivity index (χ0n) is 11.1. The van der Waals surface area contributed by atoms with Gasteiger partial charge in [0.25, 0.3) is 0 Å². The number of rotatable bonds is 8. The van der Waals surface area contributed by atoms with Crippen molar-refractivity contribution in [2.75, 3.05) is 25.4 Å². The van der Waals surface area contributed by atoms with E-state index in [1.54, 1.807) is 23.9 Å². The number of hydrogen-bond donors (Lipinski definition) is 1. The molecule has 0 amide bonds. The molecule has 0 aliphatic rings. The van der Waals surface area contributed by atoms with Crippen molar-refractivity contribution in [3.8, 4) is 0 Å². The molecule has 0 unspecified atom stereocenters. The average molecular weight is 267 g/mol. The number of carboxylic acid groups (broad SMARTS) is 1. The number of benzene rings is 1. The van der Waals surface area contributed by atoms with Crippen LogP contribution in [-0.4, -0.2) is 41.4 Å². The molecule has 18 heavy (non-hydrogen) atoms. The number of aromatic carboxylic acids is 1. The predicted octanol–water partition coefficient (Wildman–Crippen LogP) is 2.96. The van der Waals surface area contributed by atoms with Gasteiger partial charge in [0.05, 0.1) is 5.56 Å². The van der Waals surface area contributed by atoms with Crippen molar-refractivity contribution >= 4 is 17.7 Å². The van der Waals surface area contributed by atoms with E-state index in [1.165, 1.54) is 0 Å². The molecule has 0 bridgehead atoms. The van der Waals surface area contributed by atoms with Gasteiger partial charge < -0.3 is 10.0 Å². The molecule has 0 radical (unpaired) electrons. The lowest BCUT2D eigenvalue weighted by Gasteiger charge is -2.17. The summed E-state index contributed by atoms with van der Waals surface area (Å²) in [7, 11) is 0. The lowest BCUT2D eigenvalue weighted by atomic mass is 10.1. The fraction of sp³-hybridized carbons (Fsp3) is 0.500. The molecule has 1 aromatic rings. The van der Waals surface area contributed by atoms with Gasteiger partial charge in [0.15, 0.2) is 0 Å². The highest BCUT2D eigenvalue weighted by molar-refractivity contribution is 7.98. The van der Waals surface area contributed by atoms with Crippen LogP contribution in [0, 0.1) is 0 Å². The molecular weight excluding hydrogens is 246 g/mol. The van der Waals surface area contributed by atoms with E-state index < -0.39 is 5.97 Å². The first kappa shape index (κ1) is 15.1. The Bertz CT molecular complexity index is 378. The number of carboxylic acids is 1. The Morgan fingerprint density at radius 3 is 2.56 bits per heavy atom. The molecule has 0 atom stereocenters. The second kappa shape index (κ2) is 8.16. The van der Waals surface area contributed by atoms with Crippen LogP contribution in [0.1, 0.15) is 29.8 Å². The van der Waals surface area contributed by atoms with E-state index in [0.717, 1.165) is 36.7 Å². The molecule has 0 saturated carbocycles. The predicted molar refractivity (Wildman–Crippen MR) is 77.4 cm³/mol. The van der Waals surface area contributed by atoms with Gasteiger partial charge in [-0.25, -0.2) is 4.79 Å². The number of nitrogens with zero attached hydrogens (tertiary/aromatic N) is 1. The van der Waals surface area contributed by atoms with Gasteiger partial charge in [-0.05, 0) is 24.7 Å². The van der Waals surface area contributed by atoms with E-state index in [0.29, 0.717) is 5.56 Å². The summed E-state index contributed by atoms with van der Waals surface area (Å²) in [5.41, 5.74) is 1.34. The highest BCUT2D eigenvalue weighted by Gasteiger charge is 2.08. The summed E-state index contributed by atoms with van der Waals surface area (Å²) in [6.07, 6.45) is 0. The Hall–Kier alpha value is -1.00. The molecule has 1 aromatic carbocycles. The number of hydrogen-bond acceptors (Lipinski definition) is 3.